The molecule has 0 heterocycles. The van der Waals surface area contributed by atoms with E-state index in [0.717, 1.165) is 11.3 Å². The highest BCUT2D eigenvalue weighted by molar-refractivity contribution is 6.58. The first kappa shape index (κ1) is 14.4. The molecule has 0 atom stereocenters. The van der Waals surface area contributed by atoms with Crippen LogP contribution in [-0.2, 0) is 6.54 Å². The van der Waals surface area contributed by atoms with E-state index < -0.39 is 7.12 Å². The van der Waals surface area contributed by atoms with Crippen molar-refractivity contribution >= 4 is 18.3 Å². The predicted molar refractivity (Wildman–Crippen MR) is 79.7 cm³/mol. The van der Waals surface area contributed by atoms with Gasteiger partial charge in [0.2, 0.25) is 0 Å². The van der Waals surface area contributed by atoms with Crippen molar-refractivity contribution in [3.8, 4) is 5.75 Å². The Morgan fingerprint density at radius 1 is 1.10 bits per heavy atom. The van der Waals surface area contributed by atoms with E-state index in [1.807, 2.05) is 30.3 Å². The van der Waals surface area contributed by atoms with Gasteiger partial charge < -0.3 is 20.2 Å². The number of para-hydroxylation sites is 1. The summed E-state index contributed by atoms with van der Waals surface area (Å²) in [4.78, 5) is 0. The first-order valence-electron chi connectivity index (χ1n) is 6.27. The molecule has 2 rings (SSSR count). The smallest absolute Gasteiger partial charge is 0.488 e. The molecule has 2 aromatic rings. The van der Waals surface area contributed by atoms with Gasteiger partial charge in [-0.2, -0.15) is 0 Å². The Morgan fingerprint density at radius 3 is 2.50 bits per heavy atom. The molecule has 0 bridgehead atoms. The maximum absolute atomic E-state index is 9.19. The standard InChI is InChI=1S/C14H17BN2O3/c1-20-14-8-7-12(15(18)19)9-11(14)10-16-17-13-5-3-2-4-6-13/h2-9,16-19H,10H2,1H3. The van der Waals surface area contributed by atoms with Crippen molar-refractivity contribution < 1.29 is 14.8 Å². The maximum atomic E-state index is 9.19. The van der Waals surface area contributed by atoms with Gasteiger partial charge in [0.05, 0.1) is 7.11 Å². The highest BCUT2D eigenvalue weighted by Crippen LogP contribution is 2.16. The molecule has 20 heavy (non-hydrogen) atoms. The topological polar surface area (TPSA) is 73.8 Å². The second-order valence-electron chi connectivity index (χ2n) is 4.29. The fourth-order valence-electron chi connectivity index (χ4n) is 1.86. The molecule has 6 heteroatoms. The van der Waals surface area contributed by atoms with Crippen LogP contribution in [0.25, 0.3) is 0 Å². The van der Waals surface area contributed by atoms with Crippen LogP contribution in [0.3, 0.4) is 0 Å². The van der Waals surface area contributed by atoms with Crippen LogP contribution in [0, 0.1) is 0 Å². The number of nitrogens with one attached hydrogen (secondary N) is 2. The molecular formula is C14H17BN2O3. The van der Waals surface area contributed by atoms with Gasteiger partial charge in [-0.25, -0.2) is 5.43 Å². The van der Waals surface area contributed by atoms with E-state index in [9.17, 15) is 10.0 Å². The summed E-state index contributed by atoms with van der Waals surface area (Å²) >= 11 is 0. The third kappa shape index (κ3) is 3.74. The zero-order chi connectivity index (χ0) is 14.4. The molecule has 2 aromatic carbocycles. The molecule has 0 amide bonds. The van der Waals surface area contributed by atoms with Crippen molar-refractivity contribution in [2.75, 3.05) is 12.5 Å². The van der Waals surface area contributed by atoms with Crippen molar-refractivity contribution in [1.29, 1.82) is 0 Å². The highest BCUT2D eigenvalue weighted by atomic mass is 16.5. The van der Waals surface area contributed by atoms with E-state index >= 15 is 0 Å². The van der Waals surface area contributed by atoms with Gasteiger partial charge in [0, 0.05) is 17.8 Å². The number of hydrogen-bond donors (Lipinski definition) is 4. The normalized spacial score (nSPS) is 10.2. The fraction of sp³-hybridized carbons (Fsp3) is 0.143. The SMILES string of the molecule is COc1ccc(B(O)O)cc1CNNc1ccccc1. The van der Waals surface area contributed by atoms with Gasteiger partial charge in [-0.05, 0) is 23.7 Å². The van der Waals surface area contributed by atoms with E-state index in [2.05, 4.69) is 10.9 Å². The number of hydrazine groups is 1. The first-order chi connectivity index (χ1) is 9.70. The number of ether oxygens (including phenoxy) is 1. The van der Waals surface area contributed by atoms with Crippen LogP contribution in [0.1, 0.15) is 5.56 Å². The number of methoxy groups -OCH3 is 1. The first-order valence-corrected chi connectivity index (χ1v) is 6.27. The van der Waals surface area contributed by atoms with E-state index in [1.165, 1.54) is 0 Å². The molecule has 0 aliphatic rings. The summed E-state index contributed by atoms with van der Waals surface area (Å²) in [6, 6.07) is 14.7. The average molecular weight is 272 g/mol. The van der Waals surface area contributed by atoms with Gasteiger partial charge in [-0.15, -0.1) is 0 Å². The predicted octanol–water partition coefficient (Wildman–Crippen LogP) is 0.492. The molecule has 0 spiro atoms. The molecule has 0 saturated heterocycles. The van der Waals surface area contributed by atoms with Gasteiger partial charge in [-0.3, -0.25) is 0 Å². The molecule has 0 saturated carbocycles. The van der Waals surface area contributed by atoms with Crippen molar-refractivity contribution in [1.82, 2.24) is 5.43 Å². The molecule has 0 aromatic heterocycles. The summed E-state index contributed by atoms with van der Waals surface area (Å²) in [6.07, 6.45) is 0. The minimum atomic E-state index is -1.48. The molecule has 0 radical (unpaired) electrons. The Bertz CT molecular complexity index is 549. The second-order valence-corrected chi connectivity index (χ2v) is 4.29. The van der Waals surface area contributed by atoms with Crippen LogP contribution in [0.4, 0.5) is 5.69 Å². The van der Waals surface area contributed by atoms with Gasteiger partial charge in [0.15, 0.2) is 0 Å². The summed E-state index contributed by atoms with van der Waals surface area (Å²) in [5.41, 5.74) is 8.34. The van der Waals surface area contributed by atoms with Crippen LogP contribution >= 0.6 is 0 Å². The van der Waals surface area contributed by atoms with Gasteiger partial charge in [0.25, 0.3) is 0 Å². The number of hydrogen-bond acceptors (Lipinski definition) is 5. The third-order valence-electron chi connectivity index (χ3n) is 2.89. The minimum Gasteiger partial charge on any atom is -0.496 e. The summed E-state index contributed by atoms with van der Waals surface area (Å²) in [5.74, 6) is 0.691. The summed E-state index contributed by atoms with van der Waals surface area (Å²) < 4.78 is 5.25. The molecule has 0 aliphatic carbocycles. The van der Waals surface area contributed by atoms with Crippen molar-refractivity contribution in [3.05, 3.63) is 54.1 Å². The van der Waals surface area contributed by atoms with E-state index in [0.29, 0.717) is 17.8 Å². The van der Waals surface area contributed by atoms with Crippen LogP contribution in [0.2, 0.25) is 0 Å². The van der Waals surface area contributed by atoms with E-state index in [4.69, 9.17) is 4.74 Å². The molecule has 4 N–H and O–H groups in total. The fourth-order valence-corrected chi connectivity index (χ4v) is 1.86. The van der Waals surface area contributed by atoms with E-state index in [1.54, 1.807) is 25.3 Å². The van der Waals surface area contributed by atoms with Crippen LogP contribution in [-0.4, -0.2) is 24.3 Å². The van der Waals surface area contributed by atoms with Gasteiger partial charge in [0.1, 0.15) is 5.75 Å². The molecular weight excluding hydrogens is 255 g/mol. The molecule has 104 valence electrons. The lowest BCUT2D eigenvalue weighted by Gasteiger charge is -2.13. The van der Waals surface area contributed by atoms with Crippen molar-refractivity contribution in [2.24, 2.45) is 0 Å². The van der Waals surface area contributed by atoms with Gasteiger partial charge >= 0.3 is 7.12 Å². The quantitative estimate of drug-likeness (QED) is 0.455. The lowest BCUT2D eigenvalue weighted by Crippen LogP contribution is -2.31. The molecule has 5 nitrogen and oxygen atoms in total. The second kappa shape index (κ2) is 6.95. The minimum absolute atomic E-state index is 0.433. The Labute approximate surface area is 118 Å². The number of benzene rings is 2. The Hall–Kier alpha value is -2.02. The van der Waals surface area contributed by atoms with E-state index in [-0.39, 0.29) is 0 Å². The molecule has 0 aliphatic heterocycles. The largest absolute Gasteiger partial charge is 0.496 e. The lowest BCUT2D eigenvalue weighted by molar-refractivity contribution is 0.408. The zero-order valence-electron chi connectivity index (χ0n) is 11.2. The number of anilines is 1. The Morgan fingerprint density at radius 2 is 1.85 bits per heavy atom. The Balaban J connectivity index is 2.02. The lowest BCUT2D eigenvalue weighted by atomic mass is 9.79. The van der Waals surface area contributed by atoms with Crippen LogP contribution in [0.15, 0.2) is 48.5 Å². The zero-order valence-corrected chi connectivity index (χ0v) is 11.2. The van der Waals surface area contributed by atoms with Crippen LogP contribution < -0.4 is 21.1 Å². The monoisotopic (exact) mass is 272 g/mol. The van der Waals surface area contributed by atoms with Gasteiger partial charge in [-0.1, -0.05) is 30.3 Å². The summed E-state index contributed by atoms with van der Waals surface area (Å²) in [5, 5.41) is 18.4. The molecule has 0 unspecified atom stereocenters. The van der Waals surface area contributed by atoms with Crippen molar-refractivity contribution in [3.63, 3.8) is 0 Å². The highest BCUT2D eigenvalue weighted by Gasteiger charge is 2.13. The average Bonchev–Trinajstić information content (AvgIpc) is 2.48. The summed E-state index contributed by atoms with van der Waals surface area (Å²) in [7, 11) is 0.0973. The third-order valence-corrected chi connectivity index (χ3v) is 2.89. The maximum Gasteiger partial charge on any atom is 0.488 e. The Kier molecular flexibility index (Phi) is 5.00. The van der Waals surface area contributed by atoms with Crippen molar-refractivity contribution in [2.45, 2.75) is 6.54 Å². The molecule has 0 fully saturated rings. The number of rotatable bonds is 6. The van der Waals surface area contributed by atoms with Crippen LogP contribution in [0.5, 0.6) is 5.75 Å². The summed E-state index contributed by atoms with van der Waals surface area (Å²) in [6.45, 7) is 0.485.